The smallest absolute Gasteiger partial charge is 0.386 e. The Labute approximate surface area is 217 Å². The lowest BCUT2D eigenvalue weighted by atomic mass is 9.86. The first-order chi connectivity index (χ1) is 18.0. The topological polar surface area (TPSA) is 95.2 Å². The van der Waals surface area contributed by atoms with Crippen LogP contribution < -0.4 is 5.73 Å². The van der Waals surface area contributed by atoms with Crippen LogP contribution in [0.1, 0.15) is 31.5 Å². The van der Waals surface area contributed by atoms with Gasteiger partial charge in [0.1, 0.15) is 0 Å². The minimum Gasteiger partial charge on any atom is -0.386 e. The molecule has 0 aliphatic heterocycles. The molecule has 2 aromatic carbocycles. The Morgan fingerprint density at radius 3 is 2.24 bits per heavy atom. The molecule has 0 spiro atoms. The zero-order valence-corrected chi connectivity index (χ0v) is 20.9. The monoisotopic (exact) mass is 521 g/mol. The maximum atomic E-state index is 12.5. The summed E-state index contributed by atoms with van der Waals surface area (Å²) in [5.41, 5.74) is 10.2. The predicted molar refractivity (Wildman–Crippen MR) is 138 cm³/mol. The average Bonchev–Trinajstić information content (AvgIpc) is 2.91. The second-order valence-electron chi connectivity index (χ2n) is 9.53. The number of nitrogens with two attached hydrogens (primary N) is 1. The number of aryl methyl sites for hydroxylation is 1. The Balaban J connectivity index is 1.71. The molecule has 2 N–H and O–H groups in total. The van der Waals surface area contributed by atoms with Crippen LogP contribution in [0.15, 0.2) is 72.9 Å². The van der Waals surface area contributed by atoms with Gasteiger partial charge in [-0.2, -0.15) is 13.2 Å². The maximum Gasteiger partial charge on any atom is 0.491 e. The van der Waals surface area contributed by atoms with Crippen molar-refractivity contribution in [1.29, 1.82) is 0 Å². The van der Waals surface area contributed by atoms with Crippen molar-refractivity contribution >= 4 is 22.8 Å². The molecular formula is C29H26F3N3O3. The van der Waals surface area contributed by atoms with E-state index in [1.807, 2.05) is 60.7 Å². The quantitative estimate of drug-likeness (QED) is 0.236. The number of rotatable bonds is 7. The van der Waals surface area contributed by atoms with Crippen molar-refractivity contribution in [3.63, 3.8) is 0 Å². The SMILES string of the molecule is CC(C)(CCc1nccc2nc(-c3ccc(CN)cc3)c(-c3ccccc3)cc12)C(=O)OC(=O)C(F)(F)F. The normalized spacial score (nSPS) is 11.9. The summed E-state index contributed by atoms with van der Waals surface area (Å²) >= 11 is 0. The van der Waals surface area contributed by atoms with Gasteiger partial charge in [-0.05, 0) is 49.9 Å². The van der Waals surface area contributed by atoms with Gasteiger partial charge in [-0.1, -0.05) is 54.6 Å². The fourth-order valence-electron chi connectivity index (χ4n) is 4.02. The third-order valence-electron chi connectivity index (χ3n) is 6.33. The number of benzene rings is 2. The lowest BCUT2D eigenvalue weighted by Crippen LogP contribution is -2.35. The highest BCUT2D eigenvalue weighted by molar-refractivity contribution is 5.93. The van der Waals surface area contributed by atoms with Crippen LogP contribution in [0.25, 0.3) is 33.3 Å². The van der Waals surface area contributed by atoms with E-state index in [2.05, 4.69) is 9.72 Å². The van der Waals surface area contributed by atoms with Crippen LogP contribution in [-0.2, 0) is 27.3 Å². The molecule has 0 amide bonds. The van der Waals surface area contributed by atoms with Crippen LogP contribution in [0, 0.1) is 5.41 Å². The first-order valence-electron chi connectivity index (χ1n) is 12.0. The van der Waals surface area contributed by atoms with Gasteiger partial charge in [0.15, 0.2) is 0 Å². The molecule has 0 bridgehead atoms. The summed E-state index contributed by atoms with van der Waals surface area (Å²) in [4.78, 5) is 32.9. The van der Waals surface area contributed by atoms with Crippen LogP contribution in [0.5, 0.6) is 0 Å². The lowest BCUT2D eigenvalue weighted by Gasteiger charge is -2.22. The molecule has 0 saturated carbocycles. The number of hydrogen-bond acceptors (Lipinski definition) is 6. The predicted octanol–water partition coefficient (Wildman–Crippen LogP) is 6.01. The minimum atomic E-state index is -5.25. The molecule has 4 rings (SSSR count). The molecule has 0 unspecified atom stereocenters. The lowest BCUT2D eigenvalue weighted by molar-refractivity contribution is -0.204. The van der Waals surface area contributed by atoms with Crippen LogP contribution in [0.3, 0.4) is 0 Å². The van der Waals surface area contributed by atoms with E-state index < -0.39 is 23.5 Å². The van der Waals surface area contributed by atoms with Crippen LogP contribution >= 0.6 is 0 Å². The van der Waals surface area contributed by atoms with Gasteiger partial charge in [0.05, 0.1) is 16.6 Å². The molecule has 196 valence electrons. The number of halogens is 3. The highest BCUT2D eigenvalue weighted by Crippen LogP contribution is 2.35. The second kappa shape index (κ2) is 10.7. The fraction of sp³-hybridized carbons (Fsp3) is 0.241. The van der Waals surface area contributed by atoms with Crippen molar-refractivity contribution < 1.29 is 27.5 Å². The summed E-state index contributed by atoms with van der Waals surface area (Å²) in [6, 6.07) is 21.4. The highest BCUT2D eigenvalue weighted by atomic mass is 19.4. The number of fused-ring (bicyclic) bond motifs is 1. The first-order valence-corrected chi connectivity index (χ1v) is 12.0. The molecule has 0 radical (unpaired) electrons. The summed E-state index contributed by atoms with van der Waals surface area (Å²) in [6.45, 7) is 3.29. The summed E-state index contributed by atoms with van der Waals surface area (Å²) in [7, 11) is 0. The van der Waals surface area contributed by atoms with E-state index >= 15 is 0 Å². The van der Waals surface area contributed by atoms with Gasteiger partial charge in [0.25, 0.3) is 0 Å². The Morgan fingerprint density at radius 2 is 1.61 bits per heavy atom. The van der Waals surface area contributed by atoms with Crippen molar-refractivity contribution in [1.82, 2.24) is 9.97 Å². The zero-order chi connectivity index (χ0) is 27.5. The third-order valence-corrected chi connectivity index (χ3v) is 6.33. The number of nitrogens with zero attached hydrogens (tertiary/aromatic N) is 2. The van der Waals surface area contributed by atoms with Crippen LogP contribution in [0.4, 0.5) is 13.2 Å². The van der Waals surface area contributed by atoms with Gasteiger partial charge in [0, 0.05) is 34.9 Å². The van der Waals surface area contributed by atoms with E-state index in [0.29, 0.717) is 17.8 Å². The largest absolute Gasteiger partial charge is 0.491 e. The van der Waals surface area contributed by atoms with E-state index in [-0.39, 0.29) is 12.8 Å². The van der Waals surface area contributed by atoms with Gasteiger partial charge in [0.2, 0.25) is 0 Å². The van der Waals surface area contributed by atoms with Crippen LogP contribution in [0.2, 0.25) is 0 Å². The molecule has 0 atom stereocenters. The summed E-state index contributed by atoms with van der Waals surface area (Å²) in [6.07, 6.45) is -3.29. The number of pyridine rings is 2. The molecule has 0 aliphatic carbocycles. The molecule has 0 saturated heterocycles. The van der Waals surface area contributed by atoms with Gasteiger partial charge < -0.3 is 10.5 Å². The zero-order valence-electron chi connectivity index (χ0n) is 20.9. The fourth-order valence-corrected chi connectivity index (χ4v) is 4.02. The number of carbonyl (C=O) groups is 2. The van der Waals surface area contributed by atoms with E-state index in [9.17, 15) is 22.8 Å². The van der Waals surface area contributed by atoms with Gasteiger partial charge in [-0.3, -0.25) is 9.78 Å². The van der Waals surface area contributed by atoms with E-state index in [1.54, 1.807) is 12.3 Å². The molecule has 4 aromatic rings. The molecular weight excluding hydrogens is 495 g/mol. The number of esters is 2. The molecule has 2 aromatic heterocycles. The molecule has 38 heavy (non-hydrogen) atoms. The summed E-state index contributed by atoms with van der Waals surface area (Å²) < 4.78 is 41.7. The molecule has 9 heteroatoms. The van der Waals surface area contributed by atoms with Gasteiger partial charge in [-0.15, -0.1) is 0 Å². The number of alkyl halides is 3. The van der Waals surface area contributed by atoms with Crippen molar-refractivity contribution in [3.8, 4) is 22.4 Å². The van der Waals surface area contributed by atoms with Crippen molar-refractivity contribution in [2.24, 2.45) is 11.1 Å². The Kier molecular flexibility index (Phi) is 7.59. The Bertz CT molecular complexity index is 1470. The number of aromatic nitrogens is 2. The van der Waals surface area contributed by atoms with E-state index in [4.69, 9.17) is 10.7 Å². The Hall–Kier alpha value is -4.11. The minimum absolute atomic E-state index is 0.103. The molecule has 2 heterocycles. The van der Waals surface area contributed by atoms with Crippen molar-refractivity contribution in [3.05, 3.63) is 84.2 Å². The number of hydrogen-bond donors (Lipinski definition) is 1. The molecule has 0 aliphatic rings. The highest BCUT2D eigenvalue weighted by Gasteiger charge is 2.44. The molecule has 6 nitrogen and oxygen atoms in total. The first kappa shape index (κ1) is 26.9. The van der Waals surface area contributed by atoms with Gasteiger partial charge in [-0.25, -0.2) is 9.78 Å². The summed E-state index contributed by atoms with van der Waals surface area (Å²) in [5.74, 6) is -3.77. The van der Waals surface area contributed by atoms with Crippen molar-refractivity contribution in [2.75, 3.05) is 0 Å². The third kappa shape index (κ3) is 5.89. The van der Waals surface area contributed by atoms with Gasteiger partial charge >= 0.3 is 18.1 Å². The van der Waals surface area contributed by atoms with E-state index in [0.717, 1.165) is 33.3 Å². The van der Waals surface area contributed by atoms with E-state index in [1.165, 1.54) is 13.8 Å². The standard InChI is InChI=1S/C29H26F3N3O3/c1-28(2,26(36)38-27(37)29(30,31)32)14-12-23-22-16-21(19-6-4-3-5-7-19)25(35-24(22)13-15-34-23)20-10-8-18(17-33)9-11-20/h3-11,13,15-16H,12,14,17,33H2,1-2H3. The van der Waals surface area contributed by atoms with Crippen molar-refractivity contribution in [2.45, 2.75) is 39.4 Å². The average molecular weight is 522 g/mol. The molecule has 0 fully saturated rings. The summed E-state index contributed by atoms with van der Waals surface area (Å²) in [5, 5.41) is 0.754. The number of ether oxygens (including phenoxy) is 1. The number of carbonyl (C=O) groups excluding carboxylic acids is 2. The second-order valence-corrected chi connectivity index (χ2v) is 9.53. The van der Waals surface area contributed by atoms with Crippen LogP contribution in [-0.4, -0.2) is 28.1 Å². The maximum absolute atomic E-state index is 12.5. The Morgan fingerprint density at radius 1 is 0.921 bits per heavy atom.